The Morgan fingerprint density at radius 1 is 1.45 bits per heavy atom. The highest BCUT2D eigenvalue weighted by Crippen LogP contribution is 2.31. The molecule has 4 nitrogen and oxygen atoms in total. The minimum atomic E-state index is -0.363. The summed E-state index contributed by atoms with van der Waals surface area (Å²) >= 11 is 5.11. The summed E-state index contributed by atoms with van der Waals surface area (Å²) in [6, 6.07) is 5.49. The molecule has 0 saturated carbocycles. The summed E-state index contributed by atoms with van der Waals surface area (Å²) in [6.45, 7) is 4.62. The minimum absolute atomic E-state index is 0.132. The third kappa shape index (κ3) is 3.19. The number of nitrogens with zero attached hydrogens (tertiary/aromatic N) is 1. The lowest BCUT2D eigenvalue weighted by Crippen LogP contribution is -2.02. The van der Waals surface area contributed by atoms with Gasteiger partial charge in [-0.25, -0.2) is 0 Å². The van der Waals surface area contributed by atoms with E-state index in [1.165, 1.54) is 10.4 Å². The first kappa shape index (κ1) is 15.0. The molecular formula is C14H15BrN2O2S. The van der Waals surface area contributed by atoms with Crippen LogP contribution >= 0.6 is 27.3 Å². The molecule has 0 bridgehead atoms. The first-order valence-corrected chi connectivity index (χ1v) is 7.93. The molecule has 0 atom stereocenters. The van der Waals surface area contributed by atoms with Crippen molar-refractivity contribution in [1.82, 2.24) is 0 Å². The van der Waals surface area contributed by atoms with E-state index in [4.69, 9.17) is 0 Å². The molecule has 0 unspecified atom stereocenters. The van der Waals surface area contributed by atoms with Crippen LogP contribution in [0.3, 0.4) is 0 Å². The third-order valence-corrected chi connectivity index (χ3v) is 4.76. The molecule has 0 aliphatic heterocycles. The Kier molecular flexibility index (Phi) is 4.77. The molecule has 1 aromatic carbocycles. The number of thiophene rings is 1. The smallest absolute Gasteiger partial charge is 0.273 e. The van der Waals surface area contributed by atoms with Crippen LogP contribution in [0.25, 0.3) is 0 Å². The van der Waals surface area contributed by atoms with E-state index >= 15 is 0 Å². The van der Waals surface area contributed by atoms with E-state index in [1.54, 1.807) is 30.4 Å². The number of aryl methyl sites for hydroxylation is 2. The molecule has 2 aromatic rings. The van der Waals surface area contributed by atoms with E-state index in [9.17, 15) is 10.1 Å². The second-order valence-electron chi connectivity index (χ2n) is 4.45. The molecule has 0 aliphatic carbocycles. The Labute approximate surface area is 130 Å². The fourth-order valence-corrected chi connectivity index (χ4v) is 3.40. The fourth-order valence-electron chi connectivity index (χ4n) is 2.02. The van der Waals surface area contributed by atoms with Gasteiger partial charge in [-0.05, 0) is 52.4 Å². The third-order valence-electron chi connectivity index (χ3n) is 3.14. The van der Waals surface area contributed by atoms with Gasteiger partial charge in [-0.15, -0.1) is 11.3 Å². The number of hydrogen-bond acceptors (Lipinski definition) is 4. The zero-order valence-corrected chi connectivity index (χ0v) is 13.7. The number of rotatable bonds is 5. The minimum Gasteiger partial charge on any atom is -0.379 e. The van der Waals surface area contributed by atoms with Gasteiger partial charge in [-0.3, -0.25) is 10.1 Å². The van der Waals surface area contributed by atoms with E-state index in [-0.39, 0.29) is 10.6 Å². The predicted molar refractivity (Wildman–Crippen MR) is 86.6 cm³/mol. The highest BCUT2D eigenvalue weighted by atomic mass is 79.9. The number of hydrogen-bond donors (Lipinski definition) is 1. The number of halogens is 1. The number of nitro benzene ring substituents is 1. The molecular weight excluding hydrogens is 340 g/mol. The fraction of sp³-hybridized carbons (Fsp3) is 0.286. The van der Waals surface area contributed by atoms with Crippen LogP contribution in [0.2, 0.25) is 0 Å². The van der Waals surface area contributed by atoms with Crippen LogP contribution < -0.4 is 5.32 Å². The molecule has 0 spiro atoms. The van der Waals surface area contributed by atoms with Gasteiger partial charge in [-0.1, -0.05) is 6.92 Å². The average Bonchev–Trinajstić information content (AvgIpc) is 2.86. The summed E-state index contributed by atoms with van der Waals surface area (Å²) in [4.78, 5) is 11.8. The second-order valence-corrected chi connectivity index (χ2v) is 6.31. The topological polar surface area (TPSA) is 55.2 Å². The molecule has 1 aromatic heterocycles. The Bertz CT molecular complexity index is 640. The molecule has 1 N–H and O–H groups in total. The van der Waals surface area contributed by atoms with Crippen molar-refractivity contribution in [3.63, 3.8) is 0 Å². The van der Waals surface area contributed by atoms with Crippen molar-refractivity contribution in [2.45, 2.75) is 26.8 Å². The maximum atomic E-state index is 10.9. The van der Waals surface area contributed by atoms with Crippen molar-refractivity contribution < 1.29 is 4.92 Å². The van der Waals surface area contributed by atoms with Gasteiger partial charge in [0.25, 0.3) is 5.69 Å². The number of benzene rings is 1. The first-order valence-electron chi connectivity index (χ1n) is 6.26. The van der Waals surface area contributed by atoms with E-state index in [0.29, 0.717) is 10.0 Å². The van der Waals surface area contributed by atoms with Gasteiger partial charge < -0.3 is 5.32 Å². The van der Waals surface area contributed by atoms with E-state index in [2.05, 4.69) is 39.6 Å². The maximum absolute atomic E-state index is 10.9. The highest BCUT2D eigenvalue weighted by molar-refractivity contribution is 9.10. The van der Waals surface area contributed by atoms with Gasteiger partial charge in [0.2, 0.25) is 0 Å². The van der Waals surface area contributed by atoms with Crippen molar-refractivity contribution in [2.24, 2.45) is 0 Å². The Morgan fingerprint density at radius 2 is 2.20 bits per heavy atom. The summed E-state index contributed by atoms with van der Waals surface area (Å²) in [5.41, 5.74) is 3.01. The molecule has 106 valence electrons. The molecule has 2 rings (SSSR count). The van der Waals surface area contributed by atoms with E-state index in [0.717, 1.165) is 18.7 Å². The molecule has 0 fully saturated rings. The van der Waals surface area contributed by atoms with Crippen molar-refractivity contribution >= 4 is 38.6 Å². The van der Waals surface area contributed by atoms with Crippen LogP contribution in [0.5, 0.6) is 0 Å². The van der Waals surface area contributed by atoms with Crippen LogP contribution in [0.4, 0.5) is 11.4 Å². The van der Waals surface area contributed by atoms with Crippen LogP contribution in [0.1, 0.15) is 22.9 Å². The summed E-state index contributed by atoms with van der Waals surface area (Å²) in [7, 11) is 0. The molecule has 20 heavy (non-hydrogen) atoms. The molecule has 1 heterocycles. The predicted octanol–water partition coefficient (Wildman–Crippen LogP) is 4.90. The first-order chi connectivity index (χ1) is 9.52. The summed E-state index contributed by atoms with van der Waals surface area (Å²) < 4.78 is 0.712. The van der Waals surface area contributed by atoms with Gasteiger partial charge >= 0.3 is 0 Å². The average molecular weight is 355 g/mol. The monoisotopic (exact) mass is 354 g/mol. The Hall–Kier alpha value is -1.40. The Morgan fingerprint density at radius 3 is 2.85 bits per heavy atom. The standard InChI is InChI=1S/C14H15BrN2O2S/c1-3-10-4-5-20-14(10)8-16-12-6-9(2)13(17(18)19)7-11(12)15/h4-7,16H,3,8H2,1-2H3. The highest BCUT2D eigenvalue weighted by Gasteiger charge is 2.14. The molecule has 0 aliphatic rings. The zero-order chi connectivity index (χ0) is 14.7. The normalized spacial score (nSPS) is 10.6. The number of nitrogens with one attached hydrogen (secondary N) is 1. The lowest BCUT2D eigenvalue weighted by Gasteiger charge is -2.10. The van der Waals surface area contributed by atoms with E-state index < -0.39 is 0 Å². The summed E-state index contributed by atoms with van der Waals surface area (Å²) in [6.07, 6.45) is 1.01. The van der Waals surface area contributed by atoms with Crippen LogP contribution in [0, 0.1) is 17.0 Å². The lowest BCUT2D eigenvalue weighted by atomic mass is 10.1. The SMILES string of the molecule is CCc1ccsc1CNc1cc(C)c([N+](=O)[O-])cc1Br. The van der Waals surface area contributed by atoms with Crippen LogP contribution in [0.15, 0.2) is 28.1 Å². The zero-order valence-electron chi connectivity index (χ0n) is 11.3. The van der Waals surface area contributed by atoms with Gasteiger partial charge in [-0.2, -0.15) is 0 Å². The molecule has 6 heteroatoms. The van der Waals surface area contributed by atoms with Crippen molar-refractivity contribution in [3.05, 3.63) is 54.2 Å². The van der Waals surface area contributed by atoms with Crippen molar-refractivity contribution in [3.8, 4) is 0 Å². The Balaban J connectivity index is 2.18. The van der Waals surface area contributed by atoms with Gasteiger partial charge in [0.15, 0.2) is 0 Å². The number of nitro groups is 1. The van der Waals surface area contributed by atoms with Crippen molar-refractivity contribution in [2.75, 3.05) is 5.32 Å². The van der Waals surface area contributed by atoms with Crippen molar-refractivity contribution in [1.29, 1.82) is 0 Å². The molecule has 0 amide bonds. The molecule has 0 radical (unpaired) electrons. The van der Waals surface area contributed by atoms with E-state index in [1.807, 2.05) is 0 Å². The lowest BCUT2D eigenvalue weighted by molar-refractivity contribution is -0.385. The number of anilines is 1. The van der Waals surface area contributed by atoms with Crippen LogP contribution in [-0.4, -0.2) is 4.92 Å². The summed E-state index contributed by atoms with van der Waals surface area (Å²) in [5, 5.41) is 16.3. The largest absolute Gasteiger partial charge is 0.379 e. The van der Waals surface area contributed by atoms with Gasteiger partial charge in [0.1, 0.15) is 0 Å². The second kappa shape index (κ2) is 6.37. The quantitative estimate of drug-likeness (QED) is 0.613. The molecule has 0 saturated heterocycles. The van der Waals surface area contributed by atoms with Gasteiger partial charge in [0, 0.05) is 33.2 Å². The maximum Gasteiger partial charge on any atom is 0.273 e. The van der Waals surface area contributed by atoms with Crippen LogP contribution in [-0.2, 0) is 13.0 Å². The summed E-state index contributed by atoms with van der Waals surface area (Å²) in [5.74, 6) is 0. The van der Waals surface area contributed by atoms with Gasteiger partial charge in [0.05, 0.1) is 4.92 Å².